The van der Waals surface area contributed by atoms with Crippen molar-refractivity contribution in [3.8, 4) is 0 Å². The van der Waals surface area contributed by atoms with Crippen molar-refractivity contribution in [3.63, 3.8) is 0 Å². The van der Waals surface area contributed by atoms with Crippen LogP contribution in [-0.4, -0.2) is 17.5 Å². The van der Waals surface area contributed by atoms with Gasteiger partial charge >= 0.3 is 0 Å². The van der Waals surface area contributed by atoms with E-state index in [4.69, 9.17) is 0 Å². The van der Waals surface area contributed by atoms with E-state index in [0.717, 1.165) is 13.1 Å². The first-order valence-electron chi connectivity index (χ1n) is 9.38. The third-order valence-corrected chi connectivity index (χ3v) is 4.86. The number of hydrogen-bond donors (Lipinski definition) is 0. The molecule has 1 unspecified atom stereocenters. The Morgan fingerprint density at radius 2 is 1.35 bits per heavy atom. The van der Waals surface area contributed by atoms with Gasteiger partial charge in [0.1, 0.15) is 0 Å². The highest BCUT2D eigenvalue weighted by molar-refractivity contribution is 5.84. The summed E-state index contributed by atoms with van der Waals surface area (Å²) >= 11 is 0. The Morgan fingerprint density at radius 3 is 1.92 bits per heavy atom. The molecule has 1 nitrogen and oxygen atoms in total. The third kappa shape index (κ3) is 4.71. The maximum absolute atomic E-state index is 2.52. The van der Waals surface area contributed by atoms with Crippen LogP contribution in [0.15, 0.2) is 91.0 Å². The van der Waals surface area contributed by atoms with Gasteiger partial charge in [-0.3, -0.25) is 4.90 Å². The van der Waals surface area contributed by atoms with Crippen LogP contribution in [-0.2, 0) is 6.54 Å². The van der Waals surface area contributed by atoms with Crippen molar-refractivity contribution in [2.45, 2.75) is 26.4 Å². The second-order valence-electron chi connectivity index (χ2n) is 6.60. The van der Waals surface area contributed by atoms with Crippen molar-refractivity contribution < 1.29 is 0 Å². The number of rotatable bonds is 7. The van der Waals surface area contributed by atoms with Gasteiger partial charge in [0, 0.05) is 12.6 Å². The maximum Gasteiger partial charge on any atom is 0.0329 e. The fourth-order valence-corrected chi connectivity index (χ4v) is 3.34. The van der Waals surface area contributed by atoms with Crippen LogP contribution in [0.25, 0.3) is 11.6 Å². The molecule has 0 fully saturated rings. The summed E-state index contributed by atoms with van der Waals surface area (Å²) in [6, 6.07) is 32.4. The van der Waals surface area contributed by atoms with E-state index in [1.54, 1.807) is 0 Å². The SMILES string of the molecule is CCN(Cc1ccccc1)C(C)/C(=C/c1ccccc1)c1ccccc1. The summed E-state index contributed by atoms with van der Waals surface area (Å²) < 4.78 is 0. The van der Waals surface area contributed by atoms with Gasteiger partial charge in [0.15, 0.2) is 0 Å². The van der Waals surface area contributed by atoms with E-state index in [0.29, 0.717) is 6.04 Å². The lowest BCUT2D eigenvalue weighted by Crippen LogP contribution is -2.33. The van der Waals surface area contributed by atoms with Crippen molar-refractivity contribution in [3.05, 3.63) is 108 Å². The minimum absolute atomic E-state index is 0.322. The lowest BCUT2D eigenvalue weighted by atomic mass is 9.95. The monoisotopic (exact) mass is 341 g/mol. The average Bonchev–Trinajstić information content (AvgIpc) is 2.72. The van der Waals surface area contributed by atoms with Gasteiger partial charge in [-0.05, 0) is 41.8 Å². The Balaban J connectivity index is 1.93. The van der Waals surface area contributed by atoms with E-state index in [1.807, 2.05) is 0 Å². The van der Waals surface area contributed by atoms with Crippen LogP contribution in [0.3, 0.4) is 0 Å². The Morgan fingerprint density at radius 1 is 0.808 bits per heavy atom. The van der Waals surface area contributed by atoms with Crippen LogP contribution >= 0.6 is 0 Å². The Bertz CT molecular complexity index is 807. The molecular weight excluding hydrogens is 314 g/mol. The second-order valence-corrected chi connectivity index (χ2v) is 6.60. The maximum atomic E-state index is 2.52. The first kappa shape index (κ1) is 18.2. The van der Waals surface area contributed by atoms with E-state index in [9.17, 15) is 0 Å². The highest BCUT2D eigenvalue weighted by Crippen LogP contribution is 2.26. The molecule has 0 aliphatic heterocycles. The normalized spacial score (nSPS) is 13.0. The van der Waals surface area contributed by atoms with Gasteiger partial charge in [-0.1, -0.05) is 97.9 Å². The molecular formula is C25H27N. The number of hydrogen-bond acceptors (Lipinski definition) is 1. The van der Waals surface area contributed by atoms with Crippen LogP contribution in [0, 0.1) is 0 Å². The van der Waals surface area contributed by atoms with Crippen LogP contribution in [0.1, 0.15) is 30.5 Å². The Labute approximate surface area is 157 Å². The molecule has 0 bridgehead atoms. The second kappa shape index (κ2) is 9.17. The molecule has 1 atom stereocenters. The summed E-state index contributed by atoms with van der Waals surface area (Å²) in [6.45, 7) is 6.52. The molecule has 0 aromatic heterocycles. The fourth-order valence-electron chi connectivity index (χ4n) is 3.34. The zero-order chi connectivity index (χ0) is 18.2. The van der Waals surface area contributed by atoms with E-state index in [-0.39, 0.29) is 0 Å². The molecule has 1 heteroatoms. The molecule has 3 aromatic carbocycles. The predicted octanol–water partition coefficient (Wildman–Crippen LogP) is 6.14. The highest BCUT2D eigenvalue weighted by Gasteiger charge is 2.18. The van der Waals surface area contributed by atoms with Crippen LogP contribution in [0.2, 0.25) is 0 Å². The van der Waals surface area contributed by atoms with E-state index < -0.39 is 0 Å². The molecule has 0 heterocycles. The number of nitrogens with zero attached hydrogens (tertiary/aromatic N) is 1. The van der Waals surface area contributed by atoms with Gasteiger partial charge in [-0.2, -0.15) is 0 Å². The van der Waals surface area contributed by atoms with Gasteiger partial charge in [-0.15, -0.1) is 0 Å². The van der Waals surface area contributed by atoms with Gasteiger partial charge in [0.25, 0.3) is 0 Å². The first-order valence-corrected chi connectivity index (χ1v) is 9.38. The zero-order valence-electron chi connectivity index (χ0n) is 15.7. The van der Waals surface area contributed by atoms with Crippen LogP contribution in [0.5, 0.6) is 0 Å². The third-order valence-electron chi connectivity index (χ3n) is 4.86. The molecule has 0 saturated heterocycles. The topological polar surface area (TPSA) is 3.24 Å². The Kier molecular flexibility index (Phi) is 6.40. The standard InChI is InChI=1S/C25H27N/c1-3-26(20-23-15-9-5-10-16-23)21(2)25(24-17-11-6-12-18-24)19-22-13-7-4-8-14-22/h4-19,21H,3,20H2,1-2H3/b25-19-. The molecule has 3 aromatic rings. The predicted molar refractivity (Wildman–Crippen MR) is 113 cm³/mol. The van der Waals surface area contributed by atoms with E-state index in [1.165, 1.54) is 22.3 Å². The fraction of sp³-hybridized carbons (Fsp3) is 0.200. The van der Waals surface area contributed by atoms with Crippen molar-refractivity contribution in [1.82, 2.24) is 4.90 Å². The summed E-state index contributed by atoms with van der Waals surface area (Å²) in [6.07, 6.45) is 2.33. The summed E-state index contributed by atoms with van der Waals surface area (Å²) in [5.74, 6) is 0. The van der Waals surface area contributed by atoms with Crippen LogP contribution < -0.4 is 0 Å². The molecule has 0 amide bonds. The van der Waals surface area contributed by atoms with Crippen molar-refractivity contribution in [2.24, 2.45) is 0 Å². The summed E-state index contributed by atoms with van der Waals surface area (Å²) in [5.41, 5.74) is 5.24. The van der Waals surface area contributed by atoms with Crippen molar-refractivity contribution in [2.75, 3.05) is 6.54 Å². The lowest BCUT2D eigenvalue weighted by Gasteiger charge is -2.30. The molecule has 0 N–H and O–H groups in total. The molecule has 0 aliphatic rings. The zero-order valence-corrected chi connectivity index (χ0v) is 15.7. The summed E-state index contributed by atoms with van der Waals surface area (Å²) in [7, 11) is 0. The van der Waals surface area contributed by atoms with E-state index >= 15 is 0 Å². The largest absolute Gasteiger partial charge is 0.293 e. The molecule has 26 heavy (non-hydrogen) atoms. The van der Waals surface area contributed by atoms with Gasteiger partial charge in [0.2, 0.25) is 0 Å². The average molecular weight is 341 g/mol. The summed E-state index contributed by atoms with van der Waals surface area (Å²) in [5, 5.41) is 0. The molecule has 0 saturated carbocycles. The smallest absolute Gasteiger partial charge is 0.0329 e. The van der Waals surface area contributed by atoms with Gasteiger partial charge < -0.3 is 0 Å². The first-order chi connectivity index (χ1) is 12.8. The number of benzene rings is 3. The quantitative estimate of drug-likeness (QED) is 0.467. The molecule has 0 aliphatic carbocycles. The minimum atomic E-state index is 0.322. The molecule has 0 radical (unpaired) electrons. The molecule has 0 spiro atoms. The molecule has 3 rings (SSSR count). The highest BCUT2D eigenvalue weighted by atomic mass is 15.1. The van der Waals surface area contributed by atoms with Crippen molar-refractivity contribution >= 4 is 11.6 Å². The van der Waals surface area contributed by atoms with E-state index in [2.05, 4.69) is 116 Å². The van der Waals surface area contributed by atoms with Crippen LogP contribution in [0.4, 0.5) is 0 Å². The number of likely N-dealkylation sites (N-methyl/N-ethyl adjacent to an activating group) is 1. The Hall–Kier alpha value is -2.64. The minimum Gasteiger partial charge on any atom is -0.293 e. The molecule has 132 valence electrons. The van der Waals surface area contributed by atoms with Gasteiger partial charge in [0.05, 0.1) is 0 Å². The van der Waals surface area contributed by atoms with Crippen molar-refractivity contribution in [1.29, 1.82) is 0 Å². The van der Waals surface area contributed by atoms with Gasteiger partial charge in [-0.25, -0.2) is 0 Å². The summed E-state index contributed by atoms with van der Waals surface area (Å²) in [4.78, 5) is 2.52. The lowest BCUT2D eigenvalue weighted by molar-refractivity contribution is 0.252.